The molecule has 3 N–H and O–H groups in total. The number of phenolic OH excluding ortho intramolecular Hbond substituents is 1. The molecule has 1 heterocycles. The standard InChI is InChI=1S/C13H16ClN3OS/c14-8-6-10(18)12-11(7-8)19-17-13(16-12)15-9-4-2-1-3-5-9/h6-7,9,18H,1-5H2,(H2,15,16,17). The van der Waals surface area contributed by atoms with Gasteiger partial charge < -0.3 is 10.4 Å². The smallest absolute Gasteiger partial charge is 0.207 e. The van der Waals surface area contributed by atoms with Gasteiger partial charge in [0.05, 0.1) is 4.90 Å². The molecule has 102 valence electrons. The molecule has 0 spiro atoms. The summed E-state index contributed by atoms with van der Waals surface area (Å²) in [4.78, 5) is 5.29. The van der Waals surface area contributed by atoms with Crippen LogP contribution in [0.4, 0.5) is 5.69 Å². The number of aromatic hydroxyl groups is 1. The van der Waals surface area contributed by atoms with Crippen LogP contribution in [0.25, 0.3) is 0 Å². The molecule has 1 aromatic carbocycles. The molecule has 1 aliphatic heterocycles. The predicted octanol–water partition coefficient (Wildman–Crippen LogP) is 3.57. The summed E-state index contributed by atoms with van der Waals surface area (Å²) in [6.45, 7) is 0. The Morgan fingerprint density at radius 1 is 1.32 bits per heavy atom. The molecule has 0 amide bonds. The fourth-order valence-corrected chi connectivity index (χ4v) is 3.51. The molecule has 0 unspecified atom stereocenters. The van der Waals surface area contributed by atoms with Crippen LogP contribution in [0.2, 0.25) is 5.02 Å². The van der Waals surface area contributed by atoms with E-state index in [9.17, 15) is 5.11 Å². The van der Waals surface area contributed by atoms with E-state index in [1.165, 1.54) is 50.1 Å². The van der Waals surface area contributed by atoms with Gasteiger partial charge in [-0.2, -0.15) is 0 Å². The molecule has 0 radical (unpaired) electrons. The van der Waals surface area contributed by atoms with Gasteiger partial charge >= 0.3 is 0 Å². The van der Waals surface area contributed by atoms with Crippen molar-refractivity contribution < 1.29 is 5.11 Å². The molecular formula is C13H16ClN3OS. The minimum atomic E-state index is 0.124. The number of fused-ring (bicyclic) bond motifs is 1. The zero-order valence-electron chi connectivity index (χ0n) is 10.4. The maximum Gasteiger partial charge on any atom is 0.207 e. The summed E-state index contributed by atoms with van der Waals surface area (Å²) < 4.78 is 3.16. The summed E-state index contributed by atoms with van der Waals surface area (Å²) >= 11 is 7.33. The van der Waals surface area contributed by atoms with Crippen LogP contribution < -0.4 is 10.0 Å². The van der Waals surface area contributed by atoms with Gasteiger partial charge in [-0.05, 0) is 30.9 Å². The number of nitrogens with one attached hydrogen (secondary N) is 2. The van der Waals surface area contributed by atoms with E-state index in [4.69, 9.17) is 11.6 Å². The fraction of sp³-hybridized carbons (Fsp3) is 0.462. The lowest BCUT2D eigenvalue weighted by Crippen LogP contribution is -2.42. The Hall–Kier alpha value is -1.07. The van der Waals surface area contributed by atoms with Gasteiger partial charge in [-0.3, -0.25) is 4.72 Å². The third-order valence-corrected chi connectivity index (χ3v) is 4.49. The Morgan fingerprint density at radius 3 is 2.89 bits per heavy atom. The first-order chi connectivity index (χ1) is 9.22. The van der Waals surface area contributed by atoms with Crippen molar-refractivity contribution in [1.29, 1.82) is 0 Å². The molecule has 0 saturated heterocycles. The highest BCUT2D eigenvalue weighted by Crippen LogP contribution is 2.40. The summed E-state index contributed by atoms with van der Waals surface area (Å²) in [6.07, 6.45) is 6.25. The number of benzene rings is 1. The molecule has 0 aromatic heterocycles. The molecule has 0 bridgehead atoms. The minimum absolute atomic E-state index is 0.124. The predicted molar refractivity (Wildman–Crippen MR) is 79.2 cm³/mol. The second-order valence-corrected chi connectivity index (χ2v) is 6.20. The number of phenols is 1. The average molecular weight is 298 g/mol. The van der Waals surface area contributed by atoms with Crippen LogP contribution in [0.15, 0.2) is 22.0 Å². The van der Waals surface area contributed by atoms with Gasteiger partial charge in [0, 0.05) is 17.1 Å². The van der Waals surface area contributed by atoms with Crippen molar-refractivity contribution in [2.45, 2.75) is 43.0 Å². The van der Waals surface area contributed by atoms with E-state index in [0.29, 0.717) is 16.8 Å². The second kappa shape index (κ2) is 5.51. The largest absolute Gasteiger partial charge is 0.506 e. The van der Waals surface area contributed by atoms with Crippen LogP contribution in [-0.4, -0.2) is 17.1 Å². The number of hydrogen-bond acceptors (Lipinski definition) is 5. The van der Waals surface area contributed by atoms with E-state index < -0.39 is 0 Å². The highest BCUT2D eigenvalue weighted by Gasteiger charge is 2.20. The number of rotatable bonds is 1. The minimum Gasteiger partial charge on any atom is -0.506 e. The molecule has 4 nitrogen and oxygen atoms in total. The van der Waals surface area contributed by atoms with Crippen LogP contribution in [0.1, 0.15) is 32.1 Å². The maximum atomic E-state index is 9.90. The number of guanidine groups is 1. The average Bonchev–Trinajstić information content (AvgIpc) is 2.40. The second-order valence-electron chi connectivity index (χ2n) is 4.92. The summed E-state index contributed by atoms with van der Waals surface area (Å²) in [5.74, 6) is 0.849. The lowest BCUT2D eigenvalue weighted by atomic mass is 9.96. The summed E-state index contributed by atoms with van der Waals surface area (Å²) in [5.41, 5.74) is 0.589. The van der Waals surface area contributed by atoms with Gasteiger partial charge in [-0.15, -0.1) is 0 Å². The molecule has 1 aromatic rings. The summed E-state index contributed by atoms with van der Waals surface area (Å²) in [7, 11) is 0. The van der Waals surface area contributed by atoms with E-state index in [2.05, 4.69) is 15.0 Å². The number of nitrogens with zero attached hydrogens (tertiary/aromatic N) is 1. The third kappa shape index (κ3) is 2.92. The summed E-state index contributed by atoms with van der Waals surface area (Å²) in [6, 6.07) is 3.81. The molecule has 3 rings (SSSR count). The van der Waals surface area contributed by atoms with Crippen LogP contribution in [0.5, 0.6) is 5.75 Å². The van der Waals surface area contributed by atoms with Crippen LogP contribution in [0.3, 0.4) is 0 Å². The van der Waals surface area contributed by atoms with Crippen molar-refractivity contribution >= 4 is 35.2 Å². The third-order valence-electron chi connectivity index (χ3n) is 3.45. The Labute approximate surface area is 121 Å². The molecular weight excluding hydrogens is 282 g/mol. The van der Waals surface area contributed by atoms with Crippen molar-refractivity contribution in [2.75, 3.05) is 0 Å². The highest BCUT2D eigenvalue weighted by molar-refractivity contribution is 7.98. The van der Waals surface area contributed by atoms with Crippen LogP contribution in [-0.2, 0) is 0 Å². The fourth-order valence-electron chi connectivity index (χ4n) is 2.49. The lowest BCUT2D eigenvalue weighted by Gasteiger charge is -2.26. The zero-order valence-corrected chi connectivity index (χ0v) is 12.0. The van der Waals surface area contributed by atoms with Crippen LogP contribution in [0, 0.1) is 0 Å². The van der Waals surface area contributed by atoms with E-state index in [1.54, 1.807) is 6.07 Å². The van der Waals surface area contributed by atoms with Crippen LogP contribution >= 0.6 is 23.5 Å². The maximum absolute atomic E-state index is 9.90. The van der Waals surface area contributed by atoms with Gasteiger partial charge in [0.2, 0.25) is 5.96 Å². The SMILES string of the molecule is Oc1cc(Cl)cc2c1N=C(NC1CCCCC1)NS2. The quantitative estimate of drug-likeness (QED) is 0.694. The highest BCUT2D eigenvalue weighted by atomic mass is 35.5. The zero-order chi connectivity index (χ0) is 13.2. The molecule has 19 heavy (non-hydrogen) atoms. The Kier molecular flexibility index (Phi) is 3.75. The molecule has 1 saturated carbocycles. The Balaban J connectivity index is 1.79. The number of halogens is 1. The van der Waals surface area contributed by atoms with Gasteiger partial charge in [0.25, 0.3) is 0 Å². The van der Waals surface area contributed by atoms with Crippen molar-refractivity contribution in [3.05, 3.63) is 17.2 Å². The Bertz CT molecular complexity index is 515. The van der Waals surface area contributed by atoms with Gasteiger partial charge in [0.1, 0.15) is 11.4 Å². The van der Waals surface area contributed by atoms with Gasteiger partial charge in [-0.1, -0.05) is 30.9 Å². The van der Waals surface area contributed by atoms with Gasteiger partial charge in [-0.25, -0.2) is 4.99 Å². The molecule has 1 aliphatic carbocycles. The topological polar surface area (TPSA) is 56.7 Å². The first-order valence-corrected chi connectivity index (χ1v) is 7.72. The van der Waals surface area contributed by atoms with E-state index in [0.717, 1.165) is 10.9 Å². The number of aliphatic imine (C=N–C) groups is 1. The molecule has 1 fully saturated rings. The van der Waals surface area contributed by atoms with Gasteiger partial charge in [0.15, 0.2) is 0 Å². The van der Waals surface area contributed by atoms with Crippen molar-refractivity contribution in [3.8, 4) is 5.75 Å². The molecule has 0 atom stereocenters. The molecule has 6 heteroatoms. The van der Waals surface area contributed by atoms with Crippen molar-refractivity contribution in [1.82, 2.24) is 10.0 Å². The molecule has 2 aliphatic rings. The lowest BCUT2D eigenvalue weighted by molar-refractivity contribution is 0.412. The first kappa shape index (κ1) is 12.9. The number of hydrogen-bond donors (Lipinski definition) is 3. The normalized spacial score (nSPS) is 19.3. The van der Waals surface area contributed by atoms with E-state index in [1.807, 2.05) is 0 Å². The van der Waals surface area contributed by atoms with E-state index in [-0.39, 0.29) is 5.75 Å². The van der Waals surface area contributed by atoms with E-state index >= 15 is 0 Å². The van der Waals surface area contributed by atoms with Crippen molar-refractivity contribution in [2.24, 2.45) is 4.99 Å². The Morgan fingerprint density at radius 2 is 2.11 bits per heavy atom. The monoisotopic (exact) mass is 297 g/mol. The first-order valence-electron chi connectivity index (χ1n) is 6.53. The van der Waals surface area contributed by atoms with Crippen molar-refractivity contribution in [3.63, 3.8) is 0 Å². The summed E-state index contributed by atoms with van der Waals surface area (Å²) in [5, 5.41) is 13.8.